The van der Waals surface area contributed by atoms with E-state index < -0.39 is 0 Å². The summed E-state index contributed by atoms with van der Waals surface area (Å²) in [7, 11) is 1.64. The quantitative estimate of drug-likeness (QED) is 0.672. The van der Waals surface area contributed by atoms with Crippen molar-refractivity contribution in [1.29, 1.82) is 0 Å². The first-order chi connectivity index (χ1) is 13.1. The molecule has 2 aromatic rings. The van der Waals surface area contributed by atoms with Crippen molar-refractivity contribution in [3.05, 3.63) is 35.7 Å². The number of amides is 1. The zero-order valence-corrected chi connectivity index (χ0v) is 16.9. The molecule has 1 aliphatic heterocycles. The van der Waals surface area contributed by atoms with Crippen LogP contribution in [0.2, 0.25) is 0 Å². The summed E-state index contributed by atoms with van der Waals surface area (Å²) in [5, 5.41) is 8.37. The van der Waals surface area contributed by atoms with Crippen molar-refractivity contribution in [2.45, 2.75) is 30.7 Å². The Hall–Kier alpha value is -2.06. The number of hydrogen-bond acceptors (Lipinski definition) is 7. The molecule has 0 aliphatic carbocycles. The molecule has 1 aromatic heterocycles. The molecule has 2 heterocycles. The Morgan fingerprint density at radius 2 is 1.93 bits per heavy atom. The van der Waals surface area contributed by atoms with Crippen LogP contribution in [-0.4, -0.2) is 71.0 Å². The van der Waals surface area contributed by atoms with E-state index in [1.54, 1.807) is 7.11 Å². The minimum Gasteiger partial charge on any atom is -0.497 e. The van der Waals surface area contributed by atoms with E-state index in [-0.39, 0.29) is 11.2 Å². The molecule has 1 aromatic carbocycles. The molecule has 0 bridgehead atoms. The van der Waals surface area contributed by atoms with Crippen LogP contribution in [0.25, 0.3) is 0 Å². The summed E-state index contributed by atoms with van der Waals surface area (Å²) in [6, 6.07) is 7.75. The van der Waals surface area contributed by atoms with Crippen LogP contribution < -0.4 is 4.74 Å². The van der Waals surface area contributed by atoms with Gasteiger partial charge in [-0.05, 0) is 31.2 Å². The molecular weight excluding hydrogens is 364 g/mol. The lowest BCUT2D eigenvalue weighted by atomic mass is 10.1. The van der Waals surface area contributed by atoms with Gasteiger partial charge in [0.1, 0.15) is 5.75 Å². The number of rotatable bonds is 7. The van der Waals surface area contributed by atoms with Crippen molar-refractivity contribution in [2.75, 3.05) is 39.8 Å². The molecule has 1 unspecified atom stereocenters. The van der Waals surface area contributed by atoms with Gasteiger partial charge in [0, 0.05) is 26.2 Å². The molecule has 1 amide bonds. The number of hydrogen-bond donors (Lipinski definition) is 0. The second-order valence-electron chi connectivity index (χ2n) is 6.51. The Morgan fingerprint density at radius 1 is 1.22 bits per heavy atom. The van der Waals surface area contributed by atoms with Gasteiger partial charge in [-0.15, -0.1) is 10.2 Å². The number of thioether (sulfide) groups is 1. The molecule has 3 rings (SSSR count). The zero-order chi connectivity index (χ0) is 19.2. The molecule has 1 fully saturated rings. The number of piperazine rings is 1. The largest absolute Gasteiger partial charge is 0.497 e. The van der Waals surface area contributed by atoms with Crippen LogP contribution >= 0.6 is 11.8 Å². The minimum absolute atomic E-state index is 0.130. The number of nitrogens with zero attached hydrogens (tertiary/aromatic N) is 4. The number of methoxy groups -OCH3 is 1. The van der Waals surface area contributed by atoms with Gasteiger partial charge < -0.3 is 19.0 Å². The molecule has 0 N–H and O–H groups in total. The van der Waals surface area contributed by atoms with Gasteiger partial charge in [0.05, 0.1) is 18.8 Å². The van der Waals surface area contributed by atoms with E-state index in [4.69, 9.17) is 9.15 Å². The van der Waals surface area contributed by atoms with Crippen LogP contribution in [-0.2, 0) is 11.2 Å². The summed E-state index contributed by atoms with van der Waals surface area (Å²) < 4.78 is 10.9. The fourth-order valence-electron chi connectivity index (χ4n) is 3.02. The molecule has 1 atom stereocenters. The SMILES string of the molecule is CCN1CCN(C(=O)C(C)Sc2nnc(Cc3ccc(OC)cc3)o2)CC1. The second-order valence-corrected chi connectivity index (χ2v) is 7.80. The van der Waals surface area contributed by atoms with Crippen LogP contribution in [0.3, 0.4) is 0 Å². The van der Waals surface area contributed by atoms with Gasteiger partial charge in [0.15, 0.2) is 0 Å². The Balaban J connectivity index is 1.52. The van der Waals surface area contributed by atoms with Crippen molar-refractivity contribution in [1.82, 2.24) is 20.0 Å². The number of aromatic nitrogens is 2. The molecule has 27 heavy (non-hydrogen) atoms. The first-order valence-corrected chi connectivity index (χ1v) is 10.1. The van der Waals surface area contributed by atoms with Gasteiger partial charge >= 0.3 is 0 Å². The lowest BCUT2D eigenvalue weighted by molar-refractivity contribution is -0.132. The molecule has 0 spiro atoms. The molecule has 7 nitrogen and oxygen atoms in total. The van der Waals surface area contributed by atoms with E-state index in [2.05, 4.69) is 22.0 Å². The average molecular weight is 391 g/mol. The monoisotopic (exact) mass is 390 g/mol. The van der Waals surface area contributed by atoms with Crippen molar-refractivity contribution >= 4 is 17.7 Å². The maximum Gasteiger partial charge on any atom is 0.277 e. The third-order valence-electron chi connectivity index (χ3n) is 4.72. The van der Waals surface area contributed by atoms with Gasteiger partial charge in [0.25, 0.3) is 5.22 Å². The maximum absolute atomic E-state index is 12.6. The first kappa shape index (κ1) is 19.7. The van der Waals surface area contributed by atoms with E-state index in [0.29, 0.717) is 17.5 Å². The normalized spacial score (nSPS) is 16.3. The van der Waals surface area contributed by atoms with Crippen LogP contribution in [0.1, 0.15) is 25.3 Å². The summed E-state index contributed by atoms with van der Waals surface area (Å²) >= 11 is 1.32. The summed E-state index contributed by atoms with van der Waals surface area (Å²) in [6.45, 7) is 8.51. The van der Waals surface area contributed by atoms with Crippen LogP contribution in [0.5, 0.6) is 5.75 Å². The van der Waals surface area contributed by atoms with Gasteiger partial charge in [-0.25, -0.2) is 0 Å². The third kappa shape index (κ3) is 5.23. The fraction of sp³-hybridized carbons (Fsp3) is 0.526. The standard InChI is InChI=1S/C19H26N4O3S/c1-4-22-9-11-23(12-10-22)18(24)14(2)27-19-21-20-17(26-19)13-15-5-7-16(25-3)8-6-15/h5-8,14H,4,9-13H2,1-3H3. The Labute approximate surface area is 164 Å². The molecular formula is C19H26N4O3S. The van der Waals surface area contributed by atoms with E-state index in [0.717, 1.165) is 44.0 Å². The third-order valence-corrected chi connectivity index (χ3v) is 5.64. The Bertz CT molecular complexity index is 742. The Kier molecular flexibility index (Phi) is 6.73. The summed E-state index contributed by atoms with van der Waals surface area (Å²) in [6.07, 6.45) is 0.554. The minimum atomic E-state index is -0.243. The van der Waals surface area contributed by atoms with Crippen molar-refractivity contribution in [3.8, 4) is 5.75 Å². The maximum atomic E-state index is 12.6. The summed E-state index contributed by atoms with van der Waals surface area (Å²) in [5.41, 5.74) is 1.06. The highest BCUT2D eigenvalue weighted by molar-refractivity contribution is 8.00. The number of likely N-dealkylation sites (N-methyl/N-ethyl adjacent to an activating group) is 1. The lowest BCUT2D eigenvalue weighted by Crippen LogP contribution is -2.50. The molecule has 0 radical (unpaired) electrons. The highest BCUT2D eigenvalue weighted by Crippen LogP contribution is 2.24. The van der Waals surface area contributed by atoms with E-state index >= 15 is 0 Å². The smallest absolute Gasteiger partial charge is 0.277 e. The highest BCUT2D eigenvalue weighted by Gasteiger charge is 2.26. The summed E-state index contributed by atoms with van der Waals surface area (Å²) in [4.78, 5) is 16.9. The number of benzene rings is 1. The van der Waals surface area contributed by atoms with E-state index in [1.807, 2.05) is 36.1 Å². The Morgan fingerprint density at radius 3 is 2.56 bits per heavy atom. The van der Waals surface area contributed by atoms with Gasteiger partial charge in [0.2, 0.25) is 11.8 Å². The van der Waals surface area contributed by atoms with E-state index in [9.17, 15) is 4.79 Å². The molecule has 0 saturated carbocycles. The predicted octanol–water partition coefficient (Wildman–Crippen LogP) is 2.31. The molecule has 1 aliphatic rings. The number of carbonyl (C=O) groups excluding carboxylic acids is 1. The van der Waals surface area contributed by atoms with Crippen molar-refractivity contribution in [3.63, 3.8) is 0 Å². The highest BCUT2D eigenvalue weighted by atomic mass is 32.2. The van der Waals surface area contributed by atoms with E-state index in [1.165, 1.54) is 11.8 Å². The predicted molar refractivity (Wildman–Crippen MR) is 104 cm³/mol. The van der Waals surface area contributed by atoms with Crippen LogP contribution in [0.15, 0.2) is 33.9 Å². The molecule has 146 valence electrons. The molecule has 1 saturated heterocycles. The number of ether oxygens (including phenoxy) is 1. The van der Waals surface area contributed by atoms with Gasteiger partial charge in [-0.2, -0.15) is 0 Å². The van der Waals surface area contributed by atoms with Crippen molar-refractivity contribution in [2.24, 2.45) is 0 Å². The first-order valence-electron chi connectivity index (χ1n) is 9.22. The zero-order valence-electron chi connectivity index (χ0n) is 16.1. The fourth-order valence-corrected chi connectivity index (χ4v) is 3.80. The lowest BCUT2D eigenvalue weighted by Gasteiger charge is -2.35. The van der Waals surface area contributed by atoms with Gasteiger partial charge in [-0.1, -0.05) is 30.8 Å². The topological polar surface area (TPSA) is 71.7 Å². The molecule has 8 heteroatoms. The van der Waals surface area contributed by atoms with Crippen LogP contribution in [0.4, 0.5) is 0 Å². The van der Waals surface area contributed by atoms with Crippen molar-refractivity contribution < 1.29 is 13.9 Å². The number of carbonyl (C=O) groups is 1. The second kappa shape index (κ2) is 9.23. The average Bonchev–Trinajstić information content (AvgIpc) is 3.14. The van der Waals surface area contributed by atoms with Crippen LogP contribution in [0, 0.1) is 0 Å². The summed E-state index contributed by atoms with van der Waals surface area (Å²) in [5.74, 6) is 1.48. The van der Waals surface area contributed by atoms with Gasteiger partial charge in [-0.3, -0.25) is 4.79 Å².